The van der Waals surface area contributed by atoms with Crippen LogP contribution in [0, 0.1) is 17.5 Å². The SMILES string of the molecule is COC(=O)[C@@H](C)S(=O)(=O)Nc1ccc(F)c(C(=O)Nc2ccc(F)c(F)c2)c1. The molecule has 28 heavy (non-hydrogen) atoms. The fourth-order valence-corrected chi connectivity index (χ4v) is 3.06. The van der Waals surface area contributed by atoms with Gasteiger partial charge in [-0.3, -0.25) is 14.3 Å². The van der Waals surface area contributed by atoms with E-state index in [1.807, 2.05) is 0 Å². The zero-order chi connectivity index (χ0) is 21.1. The summed E-state index contributed by atoms with van der Waals surface area (Å²) >= 11 is 0. The van der Waals surface area contributed by atoms with Gasteiger partial charge in [0.1, 0.15) is 5.82 Å². The molecule has 11 heteroatoms. The van der Waals surface area contributed by atoms with Gasteiger partial charge in [-0.15, -0.1) is 0 Å². The van der Waals surface area contributed by atoms with Crippen LogP contribution in [0.15, 0.2) is 36.4 Å². The molecule has 150 valence electrons. The molecule has 0 aromatic heterocycles. The van der Waals surface area contributed by atoms with Crippen LogP contribution in [0.25, 0.3) is 0 Å². The summed E-state index contributed by atoms with van der Waals surface area (Å²) in [6.45, 7) is 1.09. The summed E-state index contributed by atoms with van der Waals surface area (Å²) < 4.78 is 70.8. The second-order valence-electron chi connectivity index (χ2n) is 5.59. The van der Waals surface area contributed by atoms with Gasteiger partial charge in [-0.1, -0.05) is 0 Å². The number of anilines is 2. The Morgan fingerprint density at radius 2 is 1.57 bits per heavy atom. The lowest BCUT2D eigenvalue weighted by atomic mass is 10.1. The van der Waals surface area contributed by atoms with Crippen molar-refractivity contribution in [2.24, 2.45) is 0 Å². The summed E-state index contributed by atoms with van der Waals surface area (Å²) in [7, 11) is -3.20. The highest BCUT2D eigenvalue weighted by Crippen LogP contribution is 2.20. The first-order chi connectivity index (χ1) is 13.0. The monoisotopic (exact) mass is 416 g/mol. The minimum atomic E-state index is -4.22. The fraction of sp³-hybridized carbons (Fsp3) is 0.176. The lowest BCUT2D eigenvalue weighted by Crippen LogP contribution is -2.33. The Morgan fingerprint density at radius 3 is 2.18 bits per heavy atom. The topological polar surface area (TPSA) is 102 Å². The quantitative estimate of drug-likeness (QED) is 0.705. The first-order valence-electron chi connectivity index (χ1n) is 7.70. The van der Waals surface area contributed by atoms with Crippen LogP contribution in [0.1, 0.15) is 17.3 Å². The number of benzene rings is 2. The molecule has 0 unspecified atom stereocenters. The van der Waals surface area contributed by atoms with Crippen molar-refractivity contribution in [3.63, 3.8) is 0 Å². The smallest absolute Gasteiger partial charge is 0.325 e. The second kappa shape index (κ2) is 8.30. The summed E-state index contributed by atoms with van der Waals surface area (Å²) in [6.07, 6.45) is 0. The highest BCUT2D eigenvalue weighted by molar-refractivity contribution is 7.94. The summed E-state index contributed by atoms with van der Waals surface area (Å²) in [4.78, 5) is 23.6. The van der Waals surface area contributed by atoms with E-state index in [9.17, 15) is 31.2 Å². The average Bonchev–Trinajstić information content (AvgIpc) is 2.64. The third-order valence-corrected chi connectivity index (χ3v) is 5.29. The minimum absolute atomic E-state index is 0.131. The molecule has 0 aliphatic heterocycles. The number of methoxy groups -OCH3 is 1. The van der Waals surface area contributed by atoms with Crippen LogP contribution in [0.2, 0.25) is 0 Å². The molecule has 0 aliphatic carbocycles. The second-order valence-corrected chi connectivity index (χ2v) is 7.59. The van der Waals surface area contributed by atoms with E-state index in [0.717, 1.165) is 44.4 Å². The van der Waals surface area contributed by atoms with Crippen molar-refractivity contribution in [2.75, 3.05) is 17.1 Å². The third kappa shape index (κ3) is 4.80. The molecule has 0 spiro atoms. The number of amides is 1. The summed E-state index contributed by atoms with van der Waals surface area (Å²) in [6, 6.07) is 5.33. The van der Waals surface area contributed by atoms with Gasteiger partial charge in [-0.2, -0.15) is 0 Å². The minimum Gasteiger partial charge on any atom is -0.468 e. The first-order valence-corrected chi connectivity index (χ1v) is 9.25. The fourth-order valence-electron chi connectivity index (χ4n) is 2.08. The Bertz CT molecular complexity index is 1030. The number of ether oxygens (including phenoxy) is 1. The van der Waals surface area contributed by atoms with E-state index < -0.39 is 50.2 Å². The van der Waals surface area contributed by atoms with E-state index in [1.165, 1.54) is 0 Å². The van der Waals surface area contributed by atoms with Crippen LogP contribution in [0.5, 0.6) is 0 Å². The molecule has 1 atom stereocenters. The van der Waals surface area contributed by atoms with Crippen molar-refractivity contribution in [1.29, 1.82) is 0 Å². The zero-order valence-corrected chi connectivity index (χ0v) is 15.4. The molecule has 0 radical (unpaired) electrons. The lowest BCUT2D eigenvalue weighted by Gasteiger charge is -2.14. The maximum atomic E-state index is 14.0. The van der Waals surface area contributed by atoms with E-state index in [2.05, 4.69) is 14.8 Å². The Morgan fingerprint density at radius 1 is 0.964 bits per heavy atom. The van der Waals surface area contributed by atoms with Gasteiger partial charge < -0.3 is 10.1 Å². The molecule has 0 bridgehead atoms. The Hall–Kier alpha value is -3.08. The van der Waals surface area contributed by atoms with Crippen molar-refractivity contribution >= 4 is 33.3 Å². The van der Waals surface area contributed by atoms with Gasteiger partial charge >= 0.3 is 5.97 Å². The Labute approximate surface area is 158 Å². The lowest BCUT2D eigenvalue weighted by molar-refractivity contribution is -0.139. The van der Waals surface area contributed by atoms with Gasteiger partial charge in [-0.25, -0.2) is 21.6 Å². The maximum absolute atomic E-state index is 14.0. The van der Waals surface area contributed by atoms with Crippen molar-refractivity contribution in [2.45, 2.75) is 12.2 Å². The van der Waals surface area contributed by atoms with Gasteiger partial charge in [0.2, 0.25) is 10.0 Å². The molecule has 2 N–H and O–H groups in total. The van der Waals surface area contributed by atoms with Gasteiger partial charge in [0, 0.05) is 17.4 Å². The predicted molar refractivity (Wildman–Crippen MR) is 94.7 cm³/mol. The number of esters is 1. The molecule has 7 nitrogen and oxygen atoms in total. The summed E-state index contributed by atoms with van der Waals surface area (Å²) in [5, 5.41) is 0.617. The molecule has 2 aromatic rings. The van der Waals surface area contributed by atoms with Crippen molar-refractivity contribution in [1.82, 2.24) is 0 Å². The molecule has 1 amide bonds. The predicted octanol–water partition coefficient (Wildman–Crippen LogP) is 2.66. The number of hydrogen-bond donors (Lipinski definition) is 2. The maximum Gasteiger partial charge on any atom is 0.325 e. The molecule has 0 aliphatic rings. The van der Waals surface area contributed by atoms with Crippen molar-refractivity contribution in [3.05, 3.63) is 59.4 Å². The van der Waals surface area contributed by atoms with Crippen LogP contribution < -0.4 is 10.0 Å². The number of hydrogen-bond acceptors (Lipinski definition) is 5. The number of carbonyl (C=O) groups is 2. The molecule has 0 fully saturated rings. The van der Waals surface area contributed by atoms with E-state index in [4.69, 9.17) is 0 Å². The number of rotatable bonds is 6. The largest absolute Gasteiger partial charge is 0.468 e. The van der Waals surface area contributed by atoms with Crippen LogP contribution in [0.3, 0.4) is 0 Å². The Balaban J connectivity index is 2.26. The zero-order valence-electron chi connectivity index (χ0n) is 14.6. The van der Waals surface area contributed by atoms with Gasteiger partial charge in [-0.05, 0) is 37.3 Å². The number of halogens is 3. The highest BCUT2D eigenvalue weighted by Gasteiger charge is 2.29. The number of carbonyl (C=O) groups excluding carboxylic acids is 2. The third-order valence-electron chi connectivity index (χ3n) is 3.65. The van der Waals surface area contributed by atoms with E-state index in [0.29, 0.717) is 6.07 Å². The van der Waals surface area contributed by atoms with Crippen molar-refractivity contribution < 1.29 is 35.9 Å². The molecule has 2 rings (SSSR count). The molecule has 0 saturated carbocycles. The molecular formula is C17H15F3N2O5S. The van der Waals surface area contributed by atoms with Crippen molar-refractivity contribution in [3.8, 4) is 0 Å². The van der Waals surface area contributed by atoms with Gasteiger partial charge in [0.05, 0.1) is 12.7 Å². The number of sulfonamides is 1. The Kier molecular flexibility index (Phi) is 6.29. The molecule has 2 aromatic carbocycles. The van der Waals surface area contributed by atoms with E-state index in [1.54, 1.807) is 0 Å². The van der Waals surface area contributed by atoms with E-state index >= 15 is 0 Å². The summed E-state index contributed by atoms with van der Waals surface area (Å²) in [5.41, 5.74) is -0.878. The normalized spacial score (nSPS) is 12.2. The highest BCUT2D eigenvalue weighted by atomic mass is 32.2. The van der Waals surface area contributed by atoms with Crippen LogP contribution in [0.4, 0.5) is 24.5 Å². The number of nitrogens with one attached hydrogen (secondary N) is 2. The van der Waals surface area contributed by atoms with Gasteiger partial charge in [0.15, 0.2) is 16.9 Å². The molecular weight excluding hydrogens is 401 g/mol. The van der Waals surface area contributed by atoms with Crippen LogP contribution in [-0.2, 0) is 19.6 Å². The molecule has 0 heterocycles. The average molecular weight is 416 g/mol. The summed E-state index contributed by atoms with van der Waals surface area (Å²) in [5.74, 6) is -5.35. The first kappa shape index (κ1) is 21.2. The van der Waals surface area contributed by atoms with E-state index in [-0.39, 0.29) is 11.4 Å². The molecule has 0 saturated heterocycles. The van der Waals surface area contributed by atoms with Gasteiger partial charge in [0.25, 0.3) is 5.91 Å². The van der Waals surface area contributed by atoms with Crippen LogP contribution in [-0.4, -0.2) is 32.7 Å². The van der Waals surface area contributed by atoms with Crippen LogP contribution >= 0.6 is 0 Å². The standard InChI is InChI=1S/C17H15F3N2O5S/c1-9(17(24)27-2)28(25,26)22-11-4-5-13(18)12(7-11)16(23)21-10-3-6-14(19)15(20)8-10/h3-9,22H,1-2H3,(H,21,23)/t9-/m1/s1.